The fourth-order valence-corrected chi connectivity index (χ4v) is 2.84. The summed E-state index contributed by atoms with van der Waals surface area (Å²) in [6, 6.07) is 15.6. The first-order chi connectivity index (χ1) is 11.1. The van der Waals surface area contributed by atoms with E-state index in [-0.39, 0.29) is 18.1 Å². The molecule has 0 fully saturated rings. The third kappa shape index (κ3) is 2.17. The molecule has 5 nitrogen and oxygen atoms in total. The molecule has 0 saturated heterocycles. The fourth-order valence-electron chi connectivity index (χ4n) is 2.84. The van der Waals surface area contributed by atoms with Crippen LogP contribution in [0, 0.1) is 12.3 Å². The molecule has 2 aromatic carbocycles. The molecular weight excluding hydrogens is 288 g/mol. The Hall–Kier alpha value is -3.08. The van der Waals surface area contributed by atoms with Gasteiger partial charge in [-0.3, -0.25) is 5.41 Å². The second-order valence-corrected chi connectivity index (χ2v) is 5.69. The number of hydrogen-bond donors (Lipinski definition) is 3. The number of fused-ring (bicyclic) bond motifs is 1. The molecular formula is C18H16N4O. The van der Waals surface area contributed by atoms with Gasteiger partial charge in [0.05, 0.1) is 23.2 Å². The Morgan fingerprint density at radius 1 is 1.13 bits per heavy atom. The number of anilines is 1. The number of benzene rings is 2. The van der Waals surface area contributed by atoms with E-state index in [9.17, 15) is 5.11 Å². The molecule has 1 aliphatic heterocycles. The first-order valence-electron chi connectivity index (χ1n) is 7.44. The number of aromatic nitrogens is 2. The van der Waals surface area contributed by atoms with Gasteiger partial charge in [0.15, 0.2) is 0 Å². The Bertz CT molecular complexity index is 904. The minimum atomic E-state index is 0.162. The van der Waals surface area contributed by atoms with Gasteiger partial charge in [0.25, 0.3) is 0 Å². The molecule has 0 radical (unpaired) electrons. The maximum atomic E-state index is 10.4. The van der Waals surface area contributed by atoms with E-state index in [4.69, 9.17) is 5.41 Å². The van der Waals surface area contributed by atoms with Crippen molar-refractivity contribution >= 4 is 28.1 Å². The molecule has 0 aliphatic carbocycles. The van der Waals surface area contributed by atoms with Crippen molar-refractivity contribution in [2.24, 2.45) is 0 Å². The van der Waals surface area contributed by atoms with Crippen LogP contribution >= 0.6 is 0 Å². The van der Waals surface area contributed by atoms with Crippen LogP contribution in [-0.4, -0.2) is 27.5 Å². The first kappa shape index (κ1) is 13.6. The predicted molar refractivity (Wildman–Crippen MR) is 91.9 cm³/mol. The summed E-state index contributed by atoms with van der Waals surface area (Å²) in [6.45, 7) is 2.31. The largest absolute Gasteiger partial charge is 0.509 e. The van der Waals surface area contributed by atoms with Crippen LogP contribution in [0.15, 0.2) is 54.3 Å². The average molecular weight is 304 g/mol. The van der Waals surface area contributed by atoms with Crippen LogP contribution in [0.5, 0.6) is 0 Å². The molecule has 0 unspecified atom stereocenters. The molecule has 3 N–H and O–H groups in total. The second kappa shape index (κ2) is 4.98. The van der Waals surface area contributed by atoms with Crippen molar-refractivity contribution in [3.8, 4) is 0 Å². The highest BCUT2D eigenvalue weighted by Crippen LogP contribution is 2.30. The minimum absolute atomic E-state index is 0.162. The van der Waals surface area contributed by atoms with Gasteiger partial charge in [-0.1, -0.05) is 29.8 Å². The third-order valence-electron chi connectivity index (χ3n) is 4.08. The van der Waals surface area contributed by atoms with E-state index in [2.05, 4.69) is 9.97 Å². The lowest BCUT2D eigenvalue weighted by Gasteiger charge is -2.18. The van der Waals surface area contributed by atoms with E-state index in [0.29, 0.717) is 11.4 Å². The van der Waals surface area contributed by atoms with E-state index >= 15 is 0 Å². The average Bonchev–Trinajstić information content (AvgIpc) is 3.08. The van der Waals surface area contributed by atoms with Gasteiger partial charge in [-0.25, -0.2) is 4.98 Å². The lowest BCUT2D eigenvalue weighted by molar-refractivity contribution is 0.411. The zero-order valence-corrected chi connectivity index (χ0v) is 12.7. The van der Waals surface area contributed by atoms with Crippen LogP contribution in [0.1, 0.15) is 11.4 Å². The summed E-state index contributed by atoms with van der Waals surface area (Å²) >= 11 is 0. The van der Waals surface area contributed by atoms with Crippen LogP contribution in [-0.2, 0) is 0 Å². The van der Waals surface area contributed by atoms with Gasteiger partial charge in [0.1, 0.15) is 17.4 Å². The molecule has 3 aromatic rings. The van der Waals surface area contributed by atoms with Gasteiger partial charge >= 0.3 is 0 Å². The van der Waals surface area contributed by atoms with Gasteiger partial charge in [-0.05, 0) is 31.2 Å². The van der Waals surface area contributed by atoms with Crippen molar-refractivity contribution in [1.82, 2.24) is 9.97 Å². The van der Waals surface area contributed by atoms with Crippen molar-refractivity contribution in [3.05, 3.63) is 65.7 Å². The van der Waals surface area contributed by atoms with Crippen LogP contribution in [0.2, 0.25) is 0 Å². The highest BCUT2D eigenvalue weighted by molar-refractivity contribution is 6.30. The topological polar surface area (TPSA) is 76.0 Å². The van der Waals surface area contributed by atoms with Crippen LogP contribution in [0.3, 0.4) is 0 Å². The molecule has 1 aromatic heterocycles. The Morgan fingerprint density at radius 2 is 1.87 bits per heavy atom. The Balaban J connectivity index is 1.73. The van der Waals surface area contributed by atoms with E-state index in [0.717, 1.165) is 22.3 Å². The number of nitrogens with one attached hydrogen (secondary N) is 2. The molecule has 5 heteroatoms. The number of imidazole rings is 1. The molecule has 0 bridgehead atoms. The number of aliphatic hydroxyl groups is 1. The lowest BCUT2D eigenvalue weighted by Crippen LogP contribution is -2.26. The zero-order valence-electron chi connectivity index (χ0n) is 12.7. The first-order valence-corrected chi connectivity index (χ1v) is 7.44. The van der Waals surface area contributed by atoms with Gasteiger partial charge in [-0.15, -0.1) is 0 Å². The summed E-state index contributed by atoms with van der Waals surface area (Å²) in [4.78, 5) is 9.45. The van der Waals surface area contributed by atoms with Crippen molar-refractivity contribution in [2.45, 2.75) is 6.92 Å². The maximum absolute atomic E-state index is 10.4. The SMILES string of the molecule is Cc1ccc(N2CC(O)=C(c3nc4ccccc4[nH]3)C2=N)cc1. The monoisotopic (exact) mass is 304 g/mol. The van der Waals surface area contributed by atoms with E-state index < -0.39 is 0 Å². The molecule has 0 atom stereocenters. The third-order valence-corrected chi connectivity index (χ3v) is 4.08. The molecule has 1 aliphatic rings. The number of aromatic amines is 1. The molecule has 4 rings (SSSR count). The van der Waals surface area contributed by atoms with Crippen LogP contribution in [0.25, 0.3) is 16.6 Å². The van der Waals surface area contributed by atoms with Gasteiger partial charge in [-0.2, -0.15) is 0 Å². The highest BCUT2D eigenvalue weighted by atomic mass is 16.3. The number of hydrogen-bond acceptors (Lipinski definition) is 3. The Labute approximate surface area is 133 Å². The maximum Gasteiger partial charge on any atom is 0.145 e. The number of aliphatic hydroxyl groups excluding tert-OH is 1. The lowest BCUT2D eigenvalue weighted by atomic mass is 10.2. The summed E-state index contributed by atoms with van der Waals surface area (Å²) in [5.74, 6) is 0.948. The number of amidine groups is 1. The van der Waals surface area contributed by atoms with Crippen molar-refractivity contribution < 1.29 is 5.11 Å². The van der Waals surface area contributed by atoms with Crippen molar-refractivity contribution in [2.75, 3.05) is 11.4 Å². The molecule has 0 spiro atoms. The van der Waals surface area contributed by atoms with Crippen molar-refractivity contribution in [3.63, 3.8) is 0 Å². The zero-order chi connectivity index (χ0) is 16.0. The second-order valence-electron chi connectivity index (χ2n) is 5.69. The molecule has 2 heterocycles. The molecule has 23 heavy (non-hydrogen) atoms. The summed E-state index contributed by atoms with van der Waals surface area (Å²) < 4.78 is 0. The summed E-state index contributed by atoms with van der Waals surface area (Å²) in [5, 5.41) is 18.8. The summed E-state index contributed by atoms with van der Waals surface area (Å²) in [5.41, 5.74) is 4.22. The molecule has 0 saturated carbocycles. The Kier molecular flexibility index (Phi) is 2.94. The highest BCUT2D eigenvalue weighted by Gasteiger charge is 2.31. The van der Waals surface area contributed by atoms with Gasteiger partial charge in [0.2, 0.25) is 0 Å². The molecule has 114 valence electrons. The summed E-state index contributed by atoms with van der Waals surface area (Å²) in [6.07, 6.45) is 0. The Morgan fingerprint density at radius 3 is 2.61 bits per heavy atom. The minimum Gasteiger partial charge on any atom is -0.509 e. The van der Waals surface area contributed by atoms with E-state index in [1.165, 1.54) is 0 Å². The predicted octanol–water partition coefficient (Wildman–Crippen LogP) is 3.64. The van der Waals surface area contributed by atoms with Crippen LogP contribution in [0.4, 0.5) is 5.69 Å². The number of H-pyrrole nitrogens is 1. The van der Waals surface area contributed by atoms with E-state index in [1.807, 2.05) is 55.5 Å². The normalized spacial score (nSPS) is 15.0. The quantitative estimate of drug-likeness (QED) is 0.676. The number of rotatable bonds is 2. The van der Waals surface area contributed by atoms with E-state index in [1.54, 1.807) is 4.90 Å². The standard InChI is InChI=1S/C18H16N4O/c1-11-6-8-12(9-7-11)22-10-15(23)16(17(22)19)18-20-13-4-2-3-5-14(13)21-18/h2-9,19,23H,10H2,1H3,(H,20,21). The van der Waals surface area contributed by atoms with Crippen LogP contribution < -0.4 is 4.90 Å². The van der Waals surface area contributed by atoms with Gasteiger partial charge < -0.3 is 15.0 Å². The number of nitrogens with zero attached hydrogens (tertiary/aromatic N) is 2. The molecule has 0 amide bonds. The van der Waals surface area contributed by atoms with Gasteiger partial charge in [0, 0.05) is 5.69 Å². The number of para-hydroxylation sites is 2. The fraction of sp³-hybridized carbons (Fsp3) is 0.111. The van der Waals surface area contributed by atoms with Crippen molar-refractivity contribution in [1.29, 1.82) is 5.41 Å². The number of aryl methyl sites for hydroxylation is 1. The summed E-state index contributed by atoms with van der Waals surface area (Å²) in [7, 11) is 0. The smallest absolute Gasteiger partial charge is 0.145 e.